The zero-order chi connectivity index (χ0) is 21.0. The number of aliphatic hydroxyl groups is 1. The molecule has 0 spiro atoms. The Kier molecular flexibility index (Phi) is 5.98. The van der Waals surface area contributed by atoms with Crippen molar-refractivity contribution in [3.8, 4) is 5.75 Å². The monoisotopic (exact) mass is 401 g/mol. The van der Waals surface area contributed by atoms with Gasteiger partial charge in [-0.3, -0.25) is 4.99 Å². The van der Waals surface area contributed by atoms with E-state index in [1.54, 1.807) is 13.8 Å². The smallest absolute Gasteiger partial charge is 0.124 e. The molecule has 0 aliphatic carbocycles. The highest BCUT2D eigenvalue weighted by atomic mass is 16.5. The fraction of sp³-hybridized carbons (Fsp3) is 0.269. The van der Waals surface area contributed by atoms with Gasteiger partial charge in [-0.15, -0.1) is 0 Å². The van der Waals surface area contributed by atoms with Crippen molar-refractivity contribution in [2.24, 2.45) is 4.99 Å². The van der Waals surface area contributed by atoms with E-state index in [1.807, 2.05) is 60.7 Å². The van der Waals surface area contributed by atoms with Gasteiger partial charge in [0, 0.05) is 16.7 Å². The summed E-state index contributed by atoms with van der Waals surface area (Å²) < 4.78 is 12.1. The highest BCUT2D eigenvalue weighted by Crippen LogP contribution is 2.37. The van der Waals surface area contributed by atoms with Crippen molar-refractivity contribution in [1.29, 1.82) is 0 Å². The second-order valence-corrected chi connectivity index (χ2v) is 8.17. The van der Waals surface area contributed by atoms with Crippen molar-refractivity contribution >= 4 is 5.71 Å². The first kappa shape index (κ1) is 20.3. The van der Waals surface area contributed by atoms with Crippen molar-refractivity contribution in [3.05, 3.63) is 102 Å². The predicted octanol–water partition coefficient (Wildman–Crippen LogP) is 4.81. The van der Waals surface area contributed by atoms with Gasteiger partial charge in [0.2, 0.25) is 0 Å². The van der Waals surface area contributed by atoms with Crippen LogP contribution in [-0.4, -0.2) is 35.7 Å². The number of hydrogen-bond donors (Lipinski definition) is 1. The quantitative estimate of drug-likeness (QED) is 0.603. The molecule has 1 aliphatic heterocycles. The lowest BCUT2D eigenvalue weighted by atomic mass is 9.96. The van der Waals surface area contributed by atoms with Crippen LogP contribution in [0, 0.1) is 0 Å². The SMILES string of the molecule is CC(C)(O)CO[C@@H]1COc2ccccc2C1N=C(c1ccccc1)c1ccccc1. The Balaban J connectivity index is 1.80. The van der Waals surface area contributed by atoms with Crippen LogP contribution in [0.2, 0.25) is 0 Å². The van der Waals surface area contributed by atoms with Crippen LogP contribution in [0.15, 0.2) is 89.9 Å². The maximum atomic E-state index is 10.2. The Morgan fingerprint density at radius 3 is 2.10 bits per heavy atom. The minimum absolute atomic E-state index is 0.210. The van der Waals surface area contributed by atoms with Crippen LogP contribution in [0.1, 0.15) is 36.6 Å². The van der Waals surface area contributed by atoms with E-state index in [-0.39, 0.29) is 18.8 Å². The van der Waals surface area contributed by atoms with Gasteiger partial charge in [0.15, 0.2) is 0 Å². The average Bonchev–Trinajstić information content (AvgIpc) is 2.77. The molecule has 0 fully saturated rings. The molecule has 1 heterocycles. The second-order valence-electron chi connectivity index (χ2n) is 8.17. The number of rotatable bonds is 6. The summed E-state index contributed by atoms with van der Waals surface area (Å²) in [5.74, 6) is 0.829. The van der Waals surface area contributed by atoms with Crippen LogP contribution in [-0.2, 0) is 4.74 Å². The number of para-hydroxylation sites is 1. The Labute approximate surface area is 177 Å². The summed E-state index contributed by atoms with van der Waals surface area (Å²) in [4.78, 5) is 5.23. The third-order valence-corrected chi connectivity index (χ3v) is 5.01. The largest absolute Gasteiger partial charge is 0.490 e. The van der Waals surface area contributed by atoms with Crippen LogP contribution in [0.25, 0.3) is 0 Å². The van der Waals surface area contributed by atoms with Gasteiger partial charge < -0.3 is 14.6 Å². The highest BCUT2D eigenvalue weighted by molar-refractivity contribution is 6.13. The summed E-state index contributed by atoms with van der Waals surface area (Å²) >= 11 is 0. The molecule has 4 rings (SSSR count). The average molecular weight is 402 g/mol. The molecule has 4 heteroatoms. The molecular weight excluding hydrogens is 374 g/mol. The van der Waals surface area contributed by atoms with E-state index in [1.165, 1.54) is 0 Å². The minimum Gasteiger partial charge on any atom is -0.490 e. The van der Waals surface area contributed by atoms with Crippen LogP contribution >= 0.6 is 0 Å². The number of hydrogen-bond acceptors (Lipinski definition) is 4. The van der Waals surface area contributed by atoms with Crippen molar-refractivity contribution in [2.45, 2.75) is 31.6 Å². The van der Waals surface area contributed by atoms with E-state index < -0.39 is 5.60 Å². The van der Waals surface area contributed by atoms with Gasteiger partial charge in [-0.05, 0) is 19.9 Å². The summed E-state index contributed by atoms with van der Waals surface area (Å²) in [6, 6.07) is 28.1. The van der Waals surface area contributed by atoms with Crippen LogP contribution < -0.4 is 4.74 Å². The van der Waals surface area contributed by atoms with Crippen LogP contribution in [0.5, 0.6) is 5.75 Å². The predicted molar refractivity (Wildman–Crippen MR) is 119 cm³/mol. The molecule has 154 valence electrons. The number of fused-ring (bicyclic) bond motifs is 1. The first-order chi connectivity index (χ1) is 14.5. The number of nitrogens with zero attached hydrogens (tertiary/aromatic N) is 1. The zero-order valence-electron chi connectivity index (χ0n) is 17.4. The van der Waals surface area contributed by atoms with Crippen molar-refractivity contribution in [1.82, 2.24) is 0 Å². The van der Waals surface area contributed by atoms with E-state index in [0.29, 0.717) is 6.61 Å². The molecular formula is C26H27NO3. The second kappa shape index (κ2) is 8.82. The van der Waals surface area contributed by atoms with Crippen LogP contribution in [0.3, 0.4) is 0 Å². The van der Waals surface area contributed by atoms with Crippen molar-refractivity contribution in [2.75, 3.05) is 13.2 Å². The van der Waals surface area contributed by atoms with E-state index in [0.717, 1.165) is 28.2 Å². The van der Waals surface area contributed by atoms with Gasteiger partial charge in [0.1, 0.15) is 24.5 Å². The van der Waals surface area contributed by atoms with E-state index in [4.69, 9.17) is 14.5 Å². The fourth-order valence-corrected chi connectivity index (χ4v) is 3.57. The molecule has 30 heavy (non-hydrogen) atoms. The Hall–Kier alpha value is -2.95. The van der Waals surface area contributed by atoms with Gasteiger partial charge in [0.05, 0.1) is 17.9 Å². The maximum absolute atomic E-state index is 10.2. The molecule has 0 amide bonds. The zero-order valence-corrected chi connectivity index (χ0v) is 17.4. The topological polar surface area (TPSA) is 51.0 Å². The number of aliphatic imine (C=N–C) groups is 1. The molecule has 0 saturated carbocycles. The summed E-state index contributed by atoms with van der Waals surface area (Å²) in [5.41, 5.74) is 3.08. The molecule has 4 nitrogen and oxygen atoms in total. The molecule has 3 aromatic rings. The van der Waals surface area contributed by atoms with Gasteiger partial charge >= 0.3 is 0 Å². The molecule has 0 aromatic heterocycles. The summed E-state index contributed by atoms with van der Waals surface area (Å²) in [6.45, 7) is 4.07. The van der Waals surface area contributed by atoms with Crippen molar-refractivity contribution in [3.63, 3.8) is 0 Å². The van der Waals surface area contributed by atoms with Gasteiger partial charge in [-0.1, -0.05) is 78.9 Å². The molecule has 0 bridgehead atoms. The Morgan fingerprint density at radius 2 is 1.50 bits per heavy atom. The Bertz CT molecular complexity index is 952. The lowest BCUT2D eigenvalue weighted by Gasteiger charge is -2.33. The highest BCUT2D eigenvalue weighted by Gasteiger charge is 2.33. The molecule has 0 radical (unpaired) electrons. The van der Waals surface area contributed by atoms with Crippen molar-refractivity contribution < 1.29 is 14.6 Å². The number of ether oxygens (including phenoxy) is 2. The lowest BCUT2D eigenvalue weighted by molar-refractivity contribution is -0.0766. The summed E-state index contributed by atoms with van der Waals surface area (Å²) in [7, 11) is 0. The van der Waals surface area contributed by atoms with Gasteiger partial charge in [0.25, 0.3) is 0 Å². The van der Waals surface area contributed by atoms with Gasteiger partial charge in [-0.2, -0.15) is 0 Å². The molecule has 1 unspecified atom stereocenters. The Morgan fingerprint density at radius 1 is 0.933 bits per heavy atom. The summed E-state index contributed by atoms with van der Waals surface area (Å²) in [5, 5.41) is 10.2. The lowest BCUT2D eigenvalue weighted by Crippen LogP contribution is -2.37. The standard InChI is InChI=1S/C26H27NO3/c1-26(2,28)18-30-23-17-29-22-16-10-9-15-21(22)25(23)27-24(19-11-5-3-6-12-19)20-13-7-4-8-14-20/h3-16,23,25,28H,17-18H2,1-2H3/t23-,25?/m1/s1. The van der Waals surface area contributed by atoms with E-state index in [9.17, 15) is 5.11 Å². The normalized spacial score (nSPS) is 18.2. The minimum atomic E-state index is -0.924. The molecule has 1 N–H and O–H groups in total. The first-order valence-corrected chi connectivity index (χ1v) is 10.3. The number of benzene rings is 3. The third-order valence-electron chi connectivity index (χ3n) is 5.01. The molecule has 3 aromatic carbocycles. The van der Waals surface area contributed by atoms with E-state index >= 15 is 0 Å². The molecule has 1 aliphatic rings. The maximum Gasteiger partial charge on any atom is 0.124 e. The van der Waals surface area contributed by atoms with E-state index in [2.05, 4.69) is 24.3 Å². The third kappa shape index (κ3) is 4.78. The molecule has 2 atom stereocenters. The fourth-order valence-electron chi connectivity index (χ4n) is 3.57. The first-order valence-electron chi connectivity index (χ1n) is 10.3. The molecule has 0 saturated heterocycles. The summed E-state index contributed by atoms with van der Waals surface area (Å²) in [6.07, 6.45) is -0.297. The van der Waals surface area contributed by atoms with Gasteiger partial charge in [-0.25, -0.2) is 0 Å². The van der Waals surface area contributed by atoms with Crippen LogP contribution in [0.4, 0.5) is 0 Å².